The fourth-order valence-electron chi connectivity index (χ4n) is 0.637. The van der Waals surface area contributed by atoms with E-state index in [-0.39, 0.29) is 12.4 Å². The van der Waals surface area contributed by atoms with Gasteiger partial charge in [0.1, 0.15) is 0 Å². The molecule has 0 atom stereocenters. The number of nitrogens with zero attached hydrogens (tertiary/aromatic N) is 3. The second-order valence-corrected chi connectivity index (χ2v) is 3.02. The lowest BCUT2D eigenvalue weighted by molar-refractivity contribution is 0.112. The highest BCUT2D eigenvalue weighted by molar-refractivity contribution is 5.85. The minimum absolute atomic E-state index is 0. The molecule has 0 aromatic carbocycles. The van der Waals surface area contributed by atoms with Crippen molar-refractivity contribution in [2.75, 3.05) is 47.9 Å². The zero-order chi connectivity index (χ0) is 11.9. The van der Waals surface area contributed by atoms with Gasteiger partial charge in [-0.2, -0.15) is 0 Å². The van der Waals surface area contributed by atoms with E-state index in [1.165, 1.54) is 0 Å². The molecule has 0 amide bonds. The lowest BCUT2D eigenvalue weighted by atomic mass is 10.4. The minimum atomic E-state index is 0. The molecule has 6 heteroatoms. The standard InChI is InChI=1S/C8H17N3.C2H7NO.ClH/c1-4-9-8-10-6-5-7-11(2)3;1-3-4-2;/h4-7H2,1-3H3;3H,1-2H3;1H. The number of aliphatic imine (C=N–C) groups is 2. The van der Waals surface area contributed by atoms with Crippen molar-refractivity contribution in [2.24, 2.45) is 9.98 Å². The first-order chi connectivity index (χ1) is 7.18. The molecule has 0 saturated carbocycles. The molecule has 0 spiro atoms. The summed E-state index contributed by atoms with van der Waals surface area (Å²) >= 11 is 0. The van der Waals surface area contributed by atoms with Crippen molar-refractivity contribution < 1.29 is 4.84 Å². The monoisotopic (exact) mass is 252 g/mol. The topological polar surface area (TPSA) is 49.2 Å². The summed E-state index contributed by atoms with van der Waals surface area (Å²) in [5.74, 6) is 0. The molecular weight excluding hydrogens is 228 g/mol. The maximum atomic E-state index is 4.29. The largest absolute Gasteiger partial charge is 0.309 e. The van der Waals surface area contributed by atoms with E-state index in [1.54, 1.807) is 14.2 Å². The van der Waals surface area contributed by atoms with Crippen LogP contribution in [-0.4, -0.2) is 58.8 Å². The molecule has 16 heavy (non-hydrogen) atoms. The summed E-state index contributed by atoms with van der Waals surface area (Å²) in [7, 11) is 7.40. The average molecular weight is 253 g/mol. The molecule has 0 radical (unpaired) electrons. The van der Waals surface area contributed by atoms with Gasteiger partial charge in [0.25, 0.3) is 0 Å². The Morgan fingerprint density at radius 2 is 1.88 bits per heavy atom. The molecule has 5 nitrogen and oxygen atoms in total. The van der Waals surface area contributed by atoms with Crippen LogP contribution >= 0.6 is 12.4 Å². The highest BCUT2D eigenvalue weighted by atomic mass is 35.5. The molecule has 0 unspecified atom stereocenters. The van der Waals surface area contributed by atoms with Crippen molar-refractivity contribution in [3.05, 3.63) is 0 Å². The highest BCUT2D eigenvalue weighted by Gasteiger charge is 1.86. The molecule has 0 bridgehead atoms. The van der Waals surface area contributed by atoms with Crippen molar-refractivity contribution >= 4 is 18.4 Å². The SMILES string of the molecule is CCN=C=NCCCN(C)C.CNOC.Cl. The highest BCUT2D eigenvalue weighted by Crippen LogP contribution is 1.82. The molecule has 0 rings (SSSR count). The van der Waals surface area contributed by atoms with Crippen LogP contribution in [0.4, 0.5) is 0 Å². The molecule has 0 aliphatic heterocycles. The Morgan fingerprint density at radius 3 is 2.25 bits per heavy atom. The van der Waals surface area contributed by atoms with Crippen LogP contribution in [0.3, 0.4) is 0 Å². The van der Waals surface area contributed by atoms with E-state index in [0.717, 1.165) is 26.1 Å². The third kappa shape index (κ3) is 29.2. The molecular formula is C10H25ClN4O. The van der Waals surface area contributed by atoms with Crippen LogP contribution in [0, 0.1) is 0 Å². The van der Waals surface area contributed by atoms with Gasteiger partial charge in [0.05, 0.1) is 19.7 Å². The van der Waals surface area contributed by atoms with Crippen LogP contribution in [0.15, 0.2) is 9.98 Å². The zero-order valence-electron chi connectivity index (χ0n) is 11.0. The van der Waals surface area contributed by atoms with Crippen molar-refractivity contribution in [2.45, 2.75) is 13.3 Å². The average Bonchev–Trinajstić information content (AvgIpc) is 2.23. The van der Waals surface area contributed by atoms with Gasteiger partial charge < -0.3 is 9.74 Å². The Hall–Kier alpha value is -0.450. The van der Waals surface area contributed by atoms with Gasteiger partial charge in [0.15, 0.2) is 0 Å². The van der Waals surface area contributed by atoms with Gasteiger partial charge in [-0.25, -0.2) is 15.5 Å². The van der Waals surface area contributed by atoms with E-state index in [4.69, 9.17) is 0 Å². The quantitative estimate of drug-likeness (QED) is 0.441. The Morgan fingerprint density at radius 1 is 1.31 bits per heavy atom. The van der Waals surface area contributed by atoms with Crippen LogP contribution in [0.1, 0.15) is 13.3 Å². The molecule has 1 N–H and O–H groups in total. The van der Waals surface area contributed by atoms with E-state index in [9.17, 15) is 0 Å². The minimum Gasteiger partial charge on any atom is -0.309 e. The first-order valence-corrected chi connectivity index (χ1v) is 5.11. The number of hydrogen-bond acceptors (Lipinski definition) is 5. The summed E-state index contributed by atoms with van der Waals surface area (Å²) in [6, 6.07) is 2.64. The number of nitrogens with one attached hydrogen (secondary N) is 1. The fourth-order valence-corrected chi connectivity index (χ4v) is 0.637. The van der Waals surface area contributed by atoms with Gasteiger partial charge in [0.2, 0.25) is 0 Å². The van der Waals surface area contributed by atoms with Crippen molar-refractivity contribution in [1.29, 1.82) is 0 Å². The number of halogens is 1. The lowest BCUT2D eigenvalue weighted by Gasteiger charge is -2.05. The first kappa shape index (κ1) is 20.9. The summed E-state index contributed by atoms with van der Waals surface area (Å²) in [5.41, 5.74) is 2.43. The van der Waals surface area contributed by atoms with Crippen molar-refractivity contribution in [3.63, 3.8) is 0 Å². The Balaban J connectivity index is -0.000000292. The zero-order valence-corrected chi connectivity index (χ0v) is 11.8. The summed E-state index contributed by atoms with van der Waals surface area (Å²) in [6.45, 7) is 4.67. The Labute approximate surface area is 105 Å². The molecule has 98 valence electrons. The maximum Gasteiger partial charge on any atom is 0.0892 e. The molecule has 0 aliphatic carbocycles. The van der Waals surface area contributed by atoms with Crippen molar-refractivity contribution in [1.82, 2.24) is 10.4 Å². The summed E-state index contributed by atoms with van der Waals surface area (Å²) in [5, 5.41) is 0. The van der Waals surface area contributed by atoms with Crippen LogP contribution in [0.2, 0.25) is 0 Å². The summed E-state index contributed by atoms with van der Waals surface area (Å²) in [6.07, 6.45) is 1.08. The molecule has 0 saturated heterocycles. The van der Waals surface area contributed by atoms with Gasteiger partial charge in [-0.3, -0.25) is 0 Å². The second-order valence-electron chi connectivity index (χ2n) is 3.02. The molecule has 0 aromatic heterocycles. The maximum absolute atomic E-state index is 4.29. The van der Waals surface area contributed by atoms with E-state index in [0.29, 0.717) is 0 Å². The van der Waals surface area contributed by atoms with Crippen LogP contribution in [0.25, 0.3) is 0 Å². The van der Waals surface area contributed by atoms with Gasteiger partial charge >= 0.3 is 0 Å². The van der Waals surface area contributed by atoms with E-state index in [1.807, 2.05) is 6.92 Å². The first-order valence-electron chi connectivity index (χ1n) is 5.11. The van der Waals surface area contributed by atoms with E-state index in [2.05, 4.69) is 45.3 Å². The fraction of sp³-hybridized carbons (Fsp3) is 0.900. The van der Waals surface area contributed by atoms with Crippen LogP contribution in [-0.2, 0) is 4.84 Å². The number of hydrogen-bond donors (Lipinski definition) is 1. The summed E-state index contributed by atoms with van der Waals surface area (Å²) in [4.78, 5) is 14.3. The third-order valence-electron chi connectivity index (χ3n) is 1.38. The van der Waals surface area contributed by atoms with E-state index < -0.39 is 0 Å². The Kier molecular flexibility index (Phi) is 26.2. The third-order valence-corrected chi connectivity index (χ3v) is 1.38. The van der Waals surface area contributed by atoms with Crippen LogP contribution < -0.4 is 5.48 Å². The van der Waals surface area contributed by atoms with Gasteiger partial charge in [-0.05, 0) is 34.0 Å². The van der Waals surface area contributed by atoms with Crippen LogP contribution in [0.5, 0.6) is 0 Å². The second kappa shape index (κ2) is 20.0. The number of hydroxylamine groups is 1. The smallest absolute Gasteiger partial charge is 0.0892 e. The lowest BCUT2D eigenvalue weighted by Crippen LogP contribution is -2.13. The number of rotatable bonds is 6. The van der Waals surface area contributed by atoms with Crippen molar-refractivity contribution in [3.8, 4) is 0 Å². The molecule has 0 fully saturated rings. The normalized spacial score (nSPS) is 8.38. The predicted octanol–water partition coefficient (Wildman–Crippen LogP) is 1.32. The van der Waals surface area contributed by atoms with Gasteiger partial charge in [-0.1, -0.05) is 0 Å². The van der Waals surface area contributed by atoms with Gasteiger partial charge in [-0.15, -0.1) is 12.4 Å². The Bertz CT molecular complexity index is 168. The molecule has 0 aromatic rings. The predicted molar refractivity (Wildman–Crippen MR) is 71.8 cm³/mol. The van der Waals surface area contributed by atoms with E-state index >= 15 is 0 Å². The summed E-state index contributed by atoms with van der Waals surface area (Å²) < 4.78 is 0. The molecule has 0 heterocycles. The molecule has 0 aliphatic rings. The van der Waals surface area contributed by atoms with Gasteiger partial charge in [0, 0.05) is 13.6 Å².